The Hall–Kier alpha value is -3.02. The fourth-order valence-electron chi connectivity index (χ4n) is 2.33. The summed E-state index contributed by atoms with van der Waals surface area (Å²) in [5.41, 5.74) is 2.05. The van der Waals surface area contributed by atoms with Crippen LogP contribution in [-0.2, 0) is 9.53 Å². The van der Waals surface area contributed by atoms with Gasteiger partial charge in [0.05, 0.1) is 5.56 Å². The van der Waals surface area contributed by atoms with Crippen LogP contribution in [0, 0.1) is 6.92 Å². The highest BCUT2D eigenvalue weighted by atomic mass is 16.6. The SMILES string of the molecule is Cc1ccc(NC(=O)[C@@H](C)OC(=O)c2ccc3c(c2)OCCO3)cc1. The normalized spacial score (nSPS) is 13.7. The largest absolute Gasteiger partial charge is 0.486 e. The highest BCUT2D eigenvalue weighted by Crippen LogP contribution is 2.31. The van der Waals surface area contributed by atoms with Crippen molar-refractivity contribution in [2.24, 2.45) is 0 Å². The average molecular weight is 341 g/mol. The molecule has 25 heavy (non-hydrogen) atoms. The number of nitrogens with one attached hydrogen (secondary N) is 1. The zero-order valence-electron chi connectivity index (χ0n) is 14.1. The Morgan fingerprint density at radius 3 is 2.44 bits per heavy atom. The summed E-state index contributed by atoms with van der Waals surface area (Å²) < 4.78 is 16.1. The van der Waals surface area contributed by atoms with Crippen LogP contribution in [0.1, 0.15) is 22.8 Å². The molecule has 0 fully saturated rings. The van der Waals surface area contributed by atoms with Gasteiger partial charge in [-0.2, -0.15) is 0 Å². The van der Waals surface area contributed by atoms with Gasteiger partial charge in [-0.15, -0.1) is 0 Å². The Morgan fingerprint density at radius 2 is 1.72 bits per heavy atom. The molecule has 6 nitrogen and oxygen atoms in total. The van der Waals surface area contributed by atoms with Gasteiger partial charge in [-0.1, -0.05) is 17.7 Å². The van der Waals surface area contributed by atoms with Gasteiger partial charge in [-0.05, 0) is 44.2 Å². The van der Waals surface area contributed by atoms with Crippen LogP contribution >= 0.6 is 0 Å². The van der Waals surface area contributed by atoms with Crippen molar-refractivity contribution in [2.45, 2.75) is 20.0 Å². The van der Waals surface area contributed by atoms with Gasteiger partial charge < -0.3 is 19.5 Å². The molecule has 1 amide bonds. The summed E-state index contributed by atoms with van der Waals surface area (Å²) in [6.45, 7) is 4.40. The molecular weight excluding hydrogens is 322 g/mol. The van der Waals surface area contributed by atoms with Gasteiger partial charge in [0.15, 0.2) is 17.6 Å². The lowest BCUT2D eigenvalue weighted by Gasteiger charge is -2.19. The summed E-state index contributed by atoms with van der Waals surface area (Å²) in [6, 6.07) is 12.2. The standard InChI is InChI=1S/C19H19NO5/c1-12-3-6-15(7-4-12)20-18(21)13(2)25-19(22)14-5-8-16-17(11-14)24-10-9-23-16/h3-8,11,13H,9-10H2,1-2H3,(H,20,21)/t13-/m1/s1. The average Bonchev–Trinajstić information content (AvgIpc) is 2.63. The van der Waals surface area contributed by atoms with E-state index in [2.05, 4.69) is 5.32 Å². The molecule has 1 aliphatic rings. The highest BCUT2D eigenvalue weighted by molar-refractivity contribution is 5.97. The molecule has 0 bridgehead atoms. The lowest BCUT2D eigenvalue weighted by atomic mass is 10.2. The minimum absolute atomic E-state index is 0.305. The number of aryl methyl sites for hydroxylation is 1. The number of ether oxygens (including phenoxy) is 3. The Kier molecular flexibility index (Phi) is 4.88. The molecular formula is C19H19NO5. The highest BCUT2D eigenvalue weighted by Gasteiger charge is 2.21. The molecule has 0 saturated heterocycles. The molecule has 0 saturated carbocycles. The third-order valence-corrected chi connectivity index (χ3v) is 3.75. The second-order valence-electron chi connectivity index (χ2n) is 5.76. The molecule has 0 spiro atoms. The Balaban J connectivity index is 1.61. The molecule has 1 atom stereocenters. The molecule has 0 radical (unpaired) electrons. The number of amides is 1. The number of benzene rings is 2. The summed E-state index contributed by atoms with van der Waals surface area (Å²) in [4.78, 5) is 24.4. The number of rotatable bonds is 4. The number of carbonyl (C=O) groups is 2. The maximum absolute atomic E-state index is 12.2. The monoisotopic (exact) mass is 341 g/mol. The van der Waals surface area contributed by atoms with Crippen molar-refractivity contribution < 1.29 is 23.8 Å². The first kappa shape index (κ1) is 16.8. The van der Waals surface area contributed by atoms with E-state index in [0.717, 1.165) is 5.56 Å². The van der Waals surface area contributed by atoms with Crippen molar-refractivity contribution in [3.05, 3.63) is 53.6 Å². The van der Waals surface area contributed by atoms with E-state index in [1.54, 1.807) is 30.3 Å². The number of carbonyl (C=O) groups excluding carboxylic acids is 2. The summed E-state index contributed by atoms with van der Waals surface area (Å²) in [5, 5.41) is 2.71. The molecule has 0 aliphatic carbocycles. The third kappa shape index (κ3) is 4.09. The van der Waals surface area contributed by atoms with Gasteiger partial charge >= 0.3 is 5.97 Å². The van der Waals surface area contributed by atoms with E-state index in [9.17, 15) is 9.59 Å². The van der Waals surface area contributed by atoms with E-state index in [1.165, 1.54) is 6.92 Å². The number of anilines is 1. The first-order valence-electron chi connectivity index (χ1n) is 8.01. The Bertz CT molecular complexity index is 785. The van der Waals surface area contributed by atoms with Crippen molar-refractivity contribution in [3.63, 3.8) is 0 Å². The van der Waals surface area contributed by atoms with E-state index in [1.807, 2.05) is 19.1 Å². The van der Waals surface area contributed by atoms with Gasteiger partial charge in [-0.3, -0.25) is 4.79 Å². The quantitative estimate of drug-likeness (QED) is 0.866. The summed E-state index contributed by atoms with van der Waals surface area (Å²) in [5.74, 6) is 0.101. The van der Waals surface area contributed by atoms with Crippen LogP contribution in [-0.4, -0.2) is 31.2 Å². The number of hydrogen-bond donors (Lipinski definition) is 1. The minimum atomic E-state index is -0.929. The Labute approximate surface area is 145 Å². The van der Waals surface area contributed by atoms with E-state index < -0.39 is 18.0 Å². The first-order valence-corrected chi connectivity index (χ1v) is 8.01. The van der Waals surface area contributed by atoms with Gasteiger partial charge in [0.2, 0.25) is 0 Å². The van der Waals surface area contributed by atoms with Gasteiger partial charge in [0, 0.05) is 5.69 Å². The number of fused-ring (bicyclic) bond motifs is 1. The molecule has 1 aliphatic heterocycles. The fourth-order valence-corrected chi connectivity index (χ4v) is 2.33. The molecule has 6 heteroatoms. The van der Waals surface area contributed by atoms with Crippen molar-refractivity contribution in [2.75, 3.05) is 18.5 Å². The molecule has 0 unspecified atom stereocenters. The van der Waals surface area contributed by atoms with Crippen LogP contribution in [0.3, 0.4) is 0 Å². The van der Waals surface area contributed by atoms with Crippen LogP contribution in [0.5, 0.6) is 11.5 Å². The van der Waals surface area contributed by atoms with Gasteiger partial charge in [-0.25, -0.2) is 4.79 Å². The lowest BCUT2D eigenvalue weighted by Crippen LogP contribution is -2.30. The third-order valence-electron chi connectivity index (χ3n) is 3.75. The predicted molar refractivity (Wildman–Crippen MR) is 92.1 cm³/mol. The van der Waals surface area contributed by atoms with E-state index in [4.69, 9.17) is 14.2 Å². The number of hydrogen-bond acceptors (Lipinski definition) is 5. The summed E-state index contributed by atoms with van der Waals surface area (Å²) >= 11 is 0. The second kappa shape index (κ2) is 7.25. The smallest absolute Gasteiger partial charge is 0.339 e. The van der Waals surface area contributed by atoms with Crippen LogP contribution in [0.2, 0.25) is 0 Å². The molecule has 1 heterocycles. The predicted octanol–water partition coefficient (Wildman–Crippen LogP) is 2.95. The van der Waals surface area contributed by atoms with E-state index in [0.29, 0.717) is 36.0 Å². The van der Waals surface area contributed by atoms with Crippen molar-refractivity contribution in [1.82, 2.24) is 0 Å². The maximum atomic E-state index is 12.2. The van der Waals surface area contributed by atoms with E-state index >= 15 is 0 Å². The molecule has 3 rings (SSSR count). The second-order valence-corrected chi connectivity index (χ2v) is 5.76. The van der Waals surface area contributed by atoms with Crippen LogP contribution in [0.25, 0.3) is 0 Å². The zero-order valence-corrected chi connectivity index (χ0v) is 14.1. The van der Waals surface area contributed by atoms with Crippen molar-refractivity contribution in [3.8, 4) is 11.5 Å². The Morgan fingerprint density at radius 1 is 1.04 bits per heavy atom. The zero-order chi connectivity index (χ0) is 17.8. The number of esters is 1. The topological polar surface area (TPSA) is 73.9 Å². The molecule has 0 aromatic heterocycles. The summed E-state index contributed by atoms with van der Waals surface area (Å²) in [7, 11) is 0. The van der Waals surface area contributed by atoms with E-state index in [-0.39, 0.29) is 0 Å². The minimum Gasteiger partial charge on any atom is -0.486 e. The first-order chi connectivity index (χ1) is 12.0. The van der Waals surface area contributed by atoms with Crippen LogP contribution in [0.4, 0.5) is 5.69 Å². The fraction of sp³-hybridized carbons (Fsp3) is 0.263. The van der Waals surface area contributed by atoms with Crippen LogP contribution in [0.15, 0.2) is 42.5 Å². The molecule has 130 valence electrons. The molecule has 2 aromatic rings. The van der Waals surface area contributed by atoms with Gasteiger partial charge in [0.25, 0.3) is 5.91 Å². The molecule has 2 aromatic carbocycles. The maximum Gasteiger partial charge on any atom is 0.339 e. The van der Waals surface area contributed by atoms with Gasteiger partial charge in [0.1, 0.15) is 13.2 Å². The lowest BCUT2D eigenvalue weighted by molar-refractivity contribution is -0.123. The summed E-state index contributed by atoms with van der Waals surface area (Å²) in [6.07, 6.45) is -0.929. The van der Waals surface area contributed by atoms with Crippen molar-refractivity contribution in [1.29, 1.82) is 0 Å². The van der Waals surface area contributed by atoms with Crippen LogP contribution < -0.4 is 14.8 Å². The van der Waals surface area contributed by atoms with Crippen molar-refractivity contribution >= 4 is 17.6 Å². The molecule has 1 N–H and O–H groups in total.